The number of carbonyl (C=O) groups is 1. The van der Waals surface area contributed by atoms with Gasteiger partial charge in [-0.3, -0.25) is 14.2 Å². The number of nitrogens with one attached hydrogen (secondary N) is 1. The zero-order chi connectivity index (χ0) is 13.0. The monoisotopic (exact) mass is 239 g/mol. The van der Waals surface area contributed by atoms with E-state index in [0.29, 0.717) is 6.54 Å². The number of nitrogens with zero attached hydrogens (tertiary/aromatic N) is 2. The van der Waals surface area contributed by atoms with Crippen LogP contribution in [0.3, 0.4) is 0 Å². The number of unbranched alkanes of at least 4 members (excludes halogenated alkanes) is 1. The molecule has 0 aromatic carbocycles. The number of aryl methyl sites for hydroxylation is 1. The van der Waals surface area contributed by atoms with Crippen molar-refractivity contribution in [1.82, 2.24) is 14.5 Å². The Hall–Kier alpha value is -1.85. The van der Waals surface area contributed by atoms with Gasteiger partial charge >= 0.3 is 5.69 Å². The lowest BCUT2D eigenvalue weighted by Crippen LogP contribution is -2.42. The predicted octanol–water partition coefficient (Wildman–Crippen LogP) is -0.386. The fraction of sp³-hybridized carbons (Fsp3) is 0.545. The summed E-state index contributed by atoms with van der Waals surface area (Å²) in [6, 6.07) is 0. The molecule has 0 saturated carbocycles. The summed E-state index contributed by atoms with van der Waals surface area (Å²) in [4.78, 5) is 34.8. The smallest absolute Gasteiger partial charge is 0.330 e. The van der Waals surface area contributed by atoms with Gasteiger partial charge in [0.2, 0.25) is 0 Å². The van der Waals surface area contributed by atoms with E-state index >= 15 is 0 Å². The molecule has 1 heterocycles. The summed E-state index contributed by atoms with van der Waals surface area (Å²) >= 11 is 0. The van der Waals surface area contributed by atoms with Crippen LogP contribution >= 0.6 is 0 Å². The minimum absolute atomic E-state index is 0.00861. The molecule has 6 nitrogen and oxygen atoms in total. The Bertz CT molecular complexity index is 528. The van der Waals surface area contributed by atoms with Gasteiger partial charge in [0.1, 0.15) is 5.56 Å². The topological polar surface area (TPSA) is 73.1 Å². The summed E-state index contributed by atoms with van der Waals surface area (Å²) in [5.41, 5.74) is -1.02. The molecule has 0 unspecified atom stereocenters. The number of rotatable bonds is 4. The highest BCUT2D eigenvalue weighted by atomic mass is 16.2. The van der Waals surface area contributed by atoms with Crippen molar-refractivity contribution in [2.24, 2.45) is 14.1 Å². The van der Waals surface area contributed by atoms with Gasteiger partial charge in [0.05, 0.1) is 0 Å². The largest absolute Gasteiger partial charge is 0.352 e. The first-order chi connectivity index (χ1) is 7.99. The number of hydrogen-bond donors (Lipinski definition) is 1. The molecule has 6 heteroatoms. The fourth-order valence-corrected chi connectivity index (χ4v) is 1.44. The van der Waals surface area contributed by atoms with Gasteiger partial charge in [0.25, 0.3) is 11.5 Å². The third-order valence-electron chi connectivity index (χ3n) is 2.51. The molecule has 0 aliphatic rings. The lowest BCUT2D eigenvalue weighted by atomic mass is 10.3. The van der Waals surface area contributed by atoms with E-state index in [4.69, 9.17) is 0 Å². The Morgan fingerprint density at radius 2 is 2.00 bits per heavy atom. The second-order valence-corrected chi connectivity index (χ2v) is 3.91. The van der Waals surface area contributed by atoms with Crippen molar-refractivity contribution in [1.29, 1.82) is 0 Å². The molecular formula is C11H17N3O3. The normalized spacial score (nSPS) is 10.3. The molecule has 1 amide bonds. The first-order valence-corrected chi connectivity index (χ1v) is 5.54. The Balaban J connectivity index is 3.03. The Morgan fingerprint density at radius 3 is 2.59 bits per heavy atom. The van der Waals surface area contributed by atoms with Crippen molar-refractivity contribution in [2.75, 3.05) is 6.54 Å². The molecule has 1 aromatic rings. The number of amides is 1. The van der Waals surface area contributed by atoms with Gasteiger partial charge < -0.3 is 9.88 Å². The SMILES string of the molecule is CCCCNC(=O)c1cn(C)c(=O)n(C)c1=O. The van der Waals surface area contributed by atoms with E-state index in [0.717, 1.165) is 17.4 Å². The Labute approximate surface area is 98.9 Å². The van der Waals surface area contributed by atoms with E-state index in [1.54, 1.807) is 0 Å². The number of carbonyl (C=O) groups excluding carboxylic acids is 1. The maximum atomic E-state index is 11.7. The van der Waals surface area contributed by atoms with Crippen molar-refractivity contribution >= 4 is 5.91 Å². The highest BCUT2D eigenvalue weighted by molar-refractivity contribution is 5.93. The standard InChI is InChI=1S/C11H17N3O3/c1-4-5-6-12-9(15)8-7-13(2)11(17)14(3)10(8)16/h7H,4-6H2,1-3H3,(H,12,15). The first kappa shape index (κ1) is 13.2. The van der Waals surface area contributed by atoms with Crippen LogP contribution in [-0.4, -0.2) is 21.6 Å². The zero-order valence-corrected chi connectivity index (χ0v) is 10.3. The molecule has 17 heavy (non-hydrogen) atoms. The minimum atomic E-state index is -0.568. The average Bonchev–Trinajstić information content (AvgIpc) is 2.31. The van der Waals surface area contributed by atoms with Crippen molar-refractivity contribution in [3.05, 3.63) is 32.6 Å². The van der Waals surface area contributed by atoms with E-state index < -0.39 is 17.2 Å². The second kappa shape index (κ2) is 5.47. The molecule has 0 saturated heterocycles. The first-order valence-electron chi connectivity index (χ1n) is 5.54. The van der Waals surface area contributed by atoms with Crippen molar-refractivity contribution in [3.8, 4) is 0 Å². The average molecular weight is 239 g/mol. The van der Waals surface area contributed by atoms with E-state index in [2.05, 4.69) is 5.32 Å². The summed E-state index contributed by atoms with van der Waals surface area (Å²) in [7, 11) is 2.86. The second-order valence-electron chi connectivity index (χ2n) is 3.91. The zero-order valence-electron chi connectivity index (χ0n) is 10.3. The van der Waals surface area contributed by atoms with Gasteiger partial charge in [-0.2, -0.15) is 0 Å². The predicted molar refractivity (Wildman–Crippen MR) is 64.2 cm³/mol. The van der Waals surface area contributed by atoms with Crippen LogP contribution in [0, 0.1) is 0 Å². The highest BCUT2D eigenvalue weighted by Crippen LogP contribution is 1.89. The maximum Gasteiger partial charge on any atom is 0.330 e. The van der Waals surface area contributed by atoms with Crippen LogP contribution in [0.1, 0.15) is 30.1 Å². The summed E-state index contributed by atoms with van der Waals surface area (Å²) in [5.74, 6) is -0.436. The van der Waals surface area contributed by atoms with Gasteiger partial charge in [0.15, 0.2) is 0 Å². The van der Waals surface area contributed by atoms with Crippen LogP contribution in [0.4, 0.5) is 0 Å². The molecular weight excluding hydrogens is 222 g/mol. The summed E-state index contributed by atoms with van der Waals surface area (Å²) in [5, 5.41) is 2.65. The van der Waals surface area contributed by atoms with Crippen LogP contribution in [-0.2, 0) is 14.1 Å². The third-order valence-corrected chi connectivity index (χ3v) is 2.51. The molecule has 1 aromatic heterocycles. The van der Waals surface area contributed by atoms with Crippen LogP contribution < -0.4 is 16.6 Å². The van der Waals surface area contributed by atoms with Crippen LogP contribution in [0.15, 0.2) is 15.8 Å². The third kappa shape index (κ3) is 2.83. The molecule has 0 radical (unpaired) electrons. The quantitative estimate of drug-likeness (QED) is 0.727. The Morgan fingerprint density at radius 1 is 1.35 bits per heavy atom. The molecule has 94 valence electrons. The van der Waals surface area contributed by atoms with Crippen LogP contribution in [0.25, 0.3) is 0 Å². The minimum Gasteiger partial charge on any atom is -0.352 e. The van der Waals surface area contributed by atoms with Crippen molar-refractivity contribution in [3.63, 3.8) is 0 Å². The van der Waals surface area contributed by atoms with Crippen molar-refractivity contribution in [2.45, 2.75) is 19.8 Å². The molecule has 1 N–H and O–H groups in total. The van der Waals surface area contributed by atoms with Gasteiger partial charge in [-0.15, -0.1) is 0 Å². The van der Waals surface area contributed by atoms with Crippen LogP contribution in [0.5, 0.6) is 0 Å². The molecule has 0 atom stereocenters. The molecule has 0 bridgehead atoms. The van der Waals surface area contributed by atoms with Crippen molar-refractivity contribution < 1.29 is 4.79 Å². The van der Waals surface area contributed by atoms with Gasteiger partial charge in [-0.05, 0) is 6.42 Å². The fourth-order valence-electron chi connectivity index (χ4n) is 1.44. The number of aromatic nitrogens is 2. The van der Waals surface area contributed by atoms with E-state index in [9.17, 15) is 14.4 Å². The number of hydrogen-bond acceptors (Lipinski definition) is 3. The molecule has 1 rings (SSSR count). The van der Waals surface area contributed by atoms with Gasteiger partial charge in [-0.25, -0.2) is 4.79 Å². The molecule has 0 aliphatic carbocycles. The van der Waals surface area contributed by atoms with E-state index in [1.165, 1.54) is 24.9 Å². The molecule has 0 fully saturated rings. The summed E-state index contributed by atoms with van der Waals surface area (Å²) in [6.45, 7) is 2.54. The lowest BCUT2D eigenvalue weighted by molar-refractivity contribution is 0.0950. The molecule has 0 aliphatic heterocycles. The van der Waals surface area contributed by atoms with E-state index in [1.807, 2.05) is 6.92 Å². The Kier molecular flexibility index (Phi) is 4.25. The molecule has 0 spiro atoms. The lowest BCUT2D eigenvalue weighted by Gasteiger charge is -2.07. The maximum absolute atomic E-state index is 11.7. The van der Waals surface area contributed by atoms with E-state index in [-0.39, 0.29) is 5.56 Å². The van der Waals surface area contributed by atoms with Crippen LogP contribution in [0.2, 0.25) is 0 Å². The van der Waals surface area contributed by atoms with Gasteiger partial charge in [-0.1, -0.05) is 13.3 Å². The summed E-state index contributed by atoms with van der Waals surface area (Å²) < 4.78 is 2.14. The van der Waals surface area contributed by atoms with Gasteiger partial charge in [0, 0.05) is 26.8 Å². The highest BCUT2D eigenvalue weighted by Gasteiger charge is 2.13. The summed E-state index contributed by atoms with van der Waals surface area (Å²) in [6.07, 6.45) is 3.09.